The SMILES string of the molecule is [CH2]C1CCC([CH2])(OOC(=O)c2ccc(OCCCC)cc2)C(OOC(=O)c2ccc(OCCCC)cc2)C1. The van der Waals surface area contributed by atoms with Crippen molar-refractivity contribution < 1.29 is 38.6 Å². The van der Waals surface area contributed by atoms with Gasteiger partial charge in [0.1, 0.15) is 23.2 Å². The molecule has 0 amide bonds. The maximum atomic E-state index is 12.6. The molecule has 1 saturated carbocycles. The number of ether oxygens (including phenoxy) is 2. The van der Waals surface area contributed by atoms with Crippen molar-refractivity contribution in [2.75, 3.05) is 13.2 Å². The van der Waals surface area contributed by atoms with Crippen LogP contribution in [-0.4, -0.2) is 36.9 Å². The number of unbranched alkanes of at least 4 members (excludes halogenated alkanes) is 2. The lowest BCUT2D eigenvalue weighted by Gasteiger charge is -2.39. The third kappa shape index (κ3) is 8.74. The molecule has 1 aliphatic rings. The molecule has 2 aromatic rings. The number of carbonyl (C=O) groups is 2. The molecule has 0 N–H and O–H groups in total. The molecule has 0 saturated heterocycles. The Balaban J connectivity index is 1.53. The number of rotatable bonds is 14. The van der Waals surface area contributed by atoms with E-state index in [2.05, 4.69) is 27.7 Å². The minimum absolute atomic E-state index is 0.0349. The van der Waals surface area contributed by atoms with Gasteiger partial charge in [-0.15, -0.1) is 0 Å². The molecule has 0 aliphatic heterocycles. The quantitative estimate of drug-likeness (QED) is 0.157. The average Bonchev–Trinajstić information content (AvgIpc) is 2.93. The number of carbonyl (C=O) groups excluding carboxylic acids is 2. The molecule has 2 radical (unpaired) electrons. The van der Waals surface area contributed by atoms with Crippen molar-refractivity contribution in [2.24, 2.45) is 5.92 Å². The van der Waals surface area contributed by atoms with E-state index < -0.39 is 23.6 Å². The fourth-order valence-electron chi connectivity index (χ4n) is 3.83. The molecule has 38 heavy (non-hydrogen) atoms. The van der Waals surface area contributed by atoms with Crippen LogP contribution in [0.5, 0.6) is 11.5 Å². The first-order chi connectivity index (χ1) is 18.3. The summed E-state index contributed by atoms with van der Waals surface area (Å²) in [4.78, 5) is 46.3. The van der Waals surface area contributed by atoms with Gasteiger partial charge in [-0.25, -0.2) is 9.59 Å². The van der Waals surface area contributed by atoms with Crippen molar-refractivity contribution in [3.05, 3.63) is 73.5 Å². The Kier molecular flexibility index (Phi) is 11.4. The molecule has 1 fully saturated rings. The summed E-state index contributed by atoms with van der Waals surface area (Å²) in [6.07, 6.45) is 4.67. The van der Waals surface area contributed by atoms with Crippen molar-refractivity contribution in [3.8, 4) is 11.5 Å². The van der Waals surface area contributed by atoms with Crippen molar-refractivity contribution in [1.29, 1.82) is 0 Å². The van der Waals surface area contributed by atoms with Gasteiger partial charge in [0.05, 0.1) is 24.3 Å². The molecule has 8 nitrogen and oxygen atoms in total. The molecule has 0 bridgehead atoms. The standard InChI is InChI=1S/C30H38O8/c1-5-7-19-33-25-13-9-23(10-14-25)28(31)36-35-27-21-22(3)17-18-30(27,4)38-37-29(32)24-11-15-26(16-12-24)34-20-8-6-2/h9-16,22,27H,3-8,17-21H2,1-2H3. The van der Waals surface area contributed by atoms with Crippen LogP contribution in [0.25, 0.3) is 0 Å². The second-order valence-electron chi connectivity index (χ2n) is 9.57. The van der Waals surface area contributed by atoms with E-state index in [1.807, 2.05) is 0 Å². The first kappa shape index (κ1) is 29.5. The number of benzene rings is 2. The smallest absolute Gasteiger partial charge is 0.373 e. The van der Waals surface area contributed by atoms with Crippen LogP contribution in [0.2, 0.25) is 0 Å². The summed E-state index contributed by atoms with van der Waals surface area (Å²) in [7, 11) is 0. The van der Waals surface area contributed by atoms with Gasteiger partial charge in [-0.2, -0.15) is 9.78 Å². The summed E-state index contributed by atoms with van der Waals surface area (Å²) >= 11 is 0. The first-order valence-electron chi connectivity index (χ1n) is 13.3. The van der Waals surface area contributed by atoms with Crippen LogP contribution in [0.1, 0.15) is 79.5 Å². The highest BCUT2D eigenvalue weighted by Crippen LogP contribution is 2.37. The Bertz CT molecular complexity index is 1000. The Morgan fingerprint density at radius 2 is 1.34 bits per heavy atom. The van der Waals surface area contributed by atoms with E-state index >= 15 is 0 Å². The van der Waals surface area contributed by atoms with Crippen molar-refractivity contribution in [3.63, 3.8) is 0 Å². The minimum atomic E-state index is -1.27. The van der Waals surface area contributed by atoms with Gasteiger partial charge in [-0.3, -0.25) is 9.78 Å². The summed E-state index contributed by atoms with van der Waals surface area (Å²) in [5.41, 5.74) is -0.670. The predicted octanol–water partition coefficient (Wildman–Crippen LogP) is 6.50. The summed E-state index contributed by atoms with van der Waals surface area (Å²) < 4.78 is 11.2. The molecular formula is C30H38O8. The third-order valence-electron chi connectivity index (χ3n) is 6.35. The van der Waals surface area contributed by atoms with Gasteiger partial charge in [-0.05, 0) is 93.5 Å². The fourth-order valence-corrected chi connectivity index (χ4v) is 3.83. The topological polar surface area (TPSA) is 89.5 Å². The Morgan fingerprint density at radius 1 is 0.842 bits per heavy atom. The lowest BCUT2D eigenvalue weighted by atomic mass is 9.78. The molecule has 0 heterocycles. The van der Waals surface area contributed by atoms with Crippen molar-refractivity contribution >= 4 is 11.9 Å². The summed E-state index contributed by atoms with van der Waals surface area (Å²) in [6, 6.07) is 13.2. The number of hydrogen-bond donors (Lipinski definition) is 0. The normalized spacial score (nSPS) is 20.9. The van der Waals surface area contributed by atoms with Gasteiger partial charge in [-0.1, -0.05) is 33.6 Å². The number of hydrogen-bond acceptors (Lipinski definition) is 8. The van der Waals surface area contributed by atoms with E-state index in [0.717, 1.165) is 25.7 Å². The zero-order valence-corrected chi connectivity index (χ0v) is 22.3. The van der Waals surface area contributed by atoms with Crippen LogP contribution >= 0.6 is 0 Å². The van der Waals surface area contributed by atoms with E-state index in [1.54, 1.807) is 48.5 Å². The minimum Gasteiger partial charge on any atom is -0.494 e. The van der Waals surface area contributed by atoms with E-state index in [9.17, 15) is 9.59 Å². The largest absolute Gasteiger partial charge is 0.494 e. The van der Waals surface area contributed by atoms with Gasteiger partial charge in [0.25, 0.3) is 0 Å². The second kappa shape index (κ2) is 14.7. The van der Waals surface area contributed by atoms with Crippen LogP contribution in [0.4, 0.5) is 0 Å². The Labute approximate surface area is 225 Å². The Hall–Kier alpha value is -3.10. The molecule has 206 valence electrons. The Morgan fingerprint density at radius 3 is 1.84 bits per heavy atom. The van der Waals surface area contributed by atoms with Gasteiger partial charge >= 0.3 is 11.9 Å². The fraction of sp³-hybridized carbons (Fsp3) is 0.467. The van der Waals surface area contributed by atoms with Crippen molar-refractivity contribution in [2.45, 2.75) is 70.5 Å². The zero-order chi connectivity index (χ0) is 27.4. The van der Waals surface area contributed by atoms with Crippen LogP contribution in [0, 0.1) is 19.8 Å². The maximum absolute atomic E-state index is 12.6. The second-order valence-corrected chi connectivity index (χ2v) is 9.57. The predicted molar refractivity (Wildman–Crippen MR) is 141 cm³/mol. The molecule has 0 spiro atoms. The molecule has 3 rings (SSSR count). The van der Waals surface area contributed by atoms with Gasteiger partial charge in [0, 0.05) is 0 Å². The molecular weight excluding hydrogens is 488 g/mol. The van der Waals surface area contributed by atoms with Crippen LogP contribution in [-0.2, 0) is 19.6 Å². The summed E-state index contributed by atoms with van der Waals surface area (Å²) in [6.45, 7) is 13.6. The molecule has 8 heteroatoms. The third-order valence-corrected chi connectivity index (χ3v) is 6.35. The van der Waals surface area contributed by atoms with E-state index in [-0.39, 0.29) is 5.92 Å². The van der Waals surface area contributed by atoms with Crippen molar-refractivity contribution in [1.82, 2.24) is 0 Å². The van der Waals surface area contributed by atoms with Crippen LogP contribution in [0.3, 0.4) is 0 Å². The molecule has 1 aliphatic carbocycles. The lowest BCUT2D eigenvalue weighted by Crippen LogP contribution is -2.48. The van der Waals surface area contributed by atoms with E-state index in [1.165, 1.54) is 0 Å². The maximum Gasteiger partial charge on any atom is 0.373 e. The average molecular weight is 527 g/mol. The summed E-state index contributed by atoms with van der Waals surface area (Å²) in [5, 5.41) is 0. The molecule has 0 aromatic heterocycles. The van der Waals surface area contributed by atoms with Gasteiger partial charge < -0.3 is 9.47 Å². The molecule has 2 aromatic carbocycles. The molecule has 3 atom stereocenters. The van der Waals surface area contributed by atoms with Gasteiger partial charge in [0.15, 0.2) is 0 Å². The summed E-state index contributed by atoms with van der Waals surface area (Å²) in [5.74, 6) is 0.0347. The van der Waals surface area contributed by atoms with E-state index in [4.69, 9.17) is 29.0 Å². The van der Waals surface area contributed by atoms with E-state index in [0.29, 0.717) is 55.1 Å². The van der Waals surface area contributed by atoms with Crippen LogP contribution in [0.15, 0.2) is 48.5 Å². The van der Waals surface area contributed by atoms with Gasteiger partial charge in [0.2, 0.25) is 0 Å². The highest BCUT2D eigenvalue weighted by molar-refractivity contribution is 5.89. The highest BCUT2D eigenvalue weighted by atomic mass is 17.2. The zero-order valence-electron chi connectivity index (χ0n) is 22.3. The highest BCUT2D eigenvalue weighted by Gasteiger charge is 2.45. The first-order valence-corrected chi connectivity index (χ1v) is 13.3. The lowest BCUT2D eigenvalue weighted by molar-refractivity contribution is -0.380. The monoisotopic (exact) mass is 526 g/mol. The molecule has 3 unspecified atom stereocenters. The van der Waals surface area contributed by atoms with Crippen LogP contribution < -0.4 is 9.47 Å².